The smallest absolute Gasteiger partial charge is 0.263 e. The number of amides is 1. The number of nitrogens with zero attached hydrogens (tertiary/aromatic N) is 4. The molecule has 3 aromatic rings. The van der Waals surface area contributed by atoms with Gasteiger partial charge in [-0.25, -0.2) is 9.97 Å². The van der Waals surface area contributed by atoms with Gasteiger partial charge in [-0.3, -0.25) is 4.79 Å². The van der Waals surface area contributed by atoms with Gasteiger partial charge in [0.2, 0.25) is 0 Å². The van der Waals surface area contributed by atoms with Gasteiger partial charge in [-0.15, -0.1) is 0 Å². The minimum atomic E-state index is -0.0729. The average Bonchev–Trinajstić information content (AvgIpc) is 3.00. The molecule has 178 valence electrons. The SMILES string of the molecule is CCc1ncc2c(n1)N(C)CCN(c1cccc(CO[C@H](CCNC)c3ccccc3)c1)C2=O. The van der Waals surface area contributed by atoms with Gasteiger partial charge in [0, 0.05) is 38.4 Å². The summed E-state index contributed by atoms with van der Waals surface area (Å²) < 4.78 is 6.34. The van der Waals surface area contributed by atoms with Crippen LogP contribution in [0.5, 0.6) is 0 Å². The third-order valence-corrected chi connectivity index (χ3v) is 6.13. The van der Waals surface area contributed by atoms with E-state index >= 15 is 0 Å². The highest BCUT2D eigenvalue weighted by molar-refractivity contribution is 6.09. The molecule has 1 aliphatic heterocycles. The summed E-state index contributed by atoms with van der Waals surface area (Å²) in [5.74, 6) is 1.38. The normalized spacial score (nSPS) is 14.6. The van der Waals surface area contributed by atoms with Gasteiger partial charge in [-0.1, -0.05) is 49.4 Å². The zero-order chi connectivity index (χ0) is 23.9. The van der Waals surface area contributed by atoms with Crippen LogP contribution in [0.1, 0.15) is 46.8 Å². The second-order valence-corrected chi connectivity index (χ2v) is 8.53. The van der Waals surface area contributed by atoms with E-state index in [9.17, 15) is 4.79 Å². The van der Waals surface area contributed by atoms with Gasteiger partial charge in [0.25, 0.3) is 5.91 Å². The molecule has 0 unspecified atom stereocenters. The van der Waals surface area contributed by atoms with E-state index in [1.165, 1.54) is 5.56 Å². The Labute approximate surface area is 201 Å². The number of rotatable bonds is 9. The van der Waals surface area contributed by atoms with Crippen LogP contribution in [-0.4, -0.2) is 49.6 Å². The summed E-state index contributed by atoms with van der Waals surface area (Å²) in [7, 11) is 3.93. The van der Waals surface area contributed by atoms with Crippen molar-refractivity contribution in [2.75, 3.05) is 43.5 Å². The van der Waals surface area contributed by atoms with Gasteiger partial charge in [-0.05, 0) is 43.3 Å². The number of carbonyl (C=O) groups excluding carboxylic acids is 1. The maximum absolute atomic E-state index is 13.4. The van der Waals surface area contributed by atoms with Crippen molar-refractivity contribution < 1.29 is 9.53 Å². The van der Waals surface area contributed by atoms with Crippen LogP contribution in [0.25, 0.3) is 0 Å². The molecule has 1 amide bonds. The van der Waals surface area contributed by atoms with Crippen molar-refractivity contribution in [3.8, 4) is 0 Å². The van der Waals surface area contributed by atoms with Gasteiger partial charge in [-0.2, -0.15) is 0 Å². The van der Waals surface area contributed by atoms with Crippen LogP contribution < -0.4 is 15.1 Å². The lowest BCUT2D eigenvalue weighted by atomic mass is 10.1. The first-order valence-electron chi connectivity index (χ1n) is 11.9. The summed E-state index contributed by atoms with van der Waals surface area (Å²) >= 11 is 0. The maximum Gasteiger partial charge on any atom is 0.263 e. The van der Waals surface area contributed by atoms with Crippen LogP contribution in [0.15, 0.2) is 60.8 Å². The fourth-order valence-corrected chi connectivity index (χ4v) is 4.17. The zero-order valence-electron chi connectivity index (χ0n) is 20.2. The van der Waals surface area contributed by atoms with Crippen LogP contribution in [0.4, 0.5) is 11.5 Å². The molecule has 7 nitrogen and oxygen atoms in total. The van der Waals surface area contributed by atoms with Crippen LogP contribution in [0.3, 0.4) is 0 Å². The fourth-order valence-electron chi connectivity index (χ4n) is 4.17. The molecule has 34 heavy (non-hydrogen) atoms. The number of aryl methyl sites for hydroxylation is 1. The molecule has 0 saturated heterocycles. The topological polar surface area (TPSA) is 70.6 Å². The van der Waals surface area contributed by atoms with Gasteiger partial charge >= 0.3 is 0 Å². The maximum atomic E-state index is 13.4. The second-order valence-electron chi connectivity index (χ2n) is 8.53. The summed E-state index contributed by atoms with van der Waals surface area (Å²) in [5.41, 5.74) is 3.60. The van der Waals surface area contributed by atoms with Crippen molar-refractivity contribution in [1.82, 2.24) is 15.3 Å². The highest BCUT2D eigenvalue weighted by atomic mass is 16.5. The van der Waals surface area contributed by atoms with Crippen LogP contribution in [0, 0.1) is 0 Å². The Morgan fingerprint density at radius 1 is 1.12 bits per heavy atom. The number of hydrogen-bond acceptors (Lipinski definition) is 6. The lowest BCUT2D eigenvalue weighted by molar-refractivity contribution is 0.0344. The third-order valence-electron chi connectivity index (χ3n) is 6.13. The van der Waals surface area contributed by atoms with E-state index in [0.717, 1.165) is 36.5 Å². The van der Waals surface area contributed by atoms with Crippen molar-refractivity contribution in [2.24, 2.45) is 0 Å². The van der Waals surface area contributed by atoms with E-state index in [-0.39, 0.29) is 12.0 Å². The summed E-state index contributed by atoms with van der Waals surface area (Å²) in [6.45, 7) is 4.63. The van der Waals surface area contributed by atoms with Crippen molar-refractivity contribution in [3.63, 3.8) is 0 Å². The number of anilines is 2. The van der Waals surface area contributed by atoms with Gasteiger partial charge in [0.05, 0.1) is 12.7 Å². The molecule has 7 heteroatoms. The zero-order valence-corrected chi connectivity index (χ0v) is 20.2. The molecule has 0 fully saturated rings. The molecule has 0 radical (unpaired) electrons. The molecular weight excluding hydrogens is 426 g/mol. The molecule has 1 N–H and O–H groups in total. The molecule has 1 aromatic heterocycles. The monoisotopic (exact) mass is 459 g/mol. The summed E-state index contributed by atoms with van der Waals surface area (Å²) in [4.78, 5) is 26.3. The molecule has 2 aromatic carbocycles. The number of benzene rings is 2. The predicted octanol–water partition coefficient (Wildman–Crippen LogP) is 4.00. The molecule has 0 spiro atoms. The molecule has 0 bridgehead atoms. The largest absolute Gasteiger partial charge is 0.369 e. The Kier molecular flexibility index (Phi) is 7.87. The molecular formula is C27H33N5O2. The Bertz CT molecular complexity index is 1110. The quantitative estimate of drug-likeness (QED) is 0.522. The predicted molar refractivity (Wildman–Crippen MR) is 135 cm³/mol. The first-order chi connectivity index (χ1) is 16.6. The Morgan fingerprint density at radius 3 is 2.71 bits per heavy atom. The van der Waals surface area contributed by atoms with Crippen molar-refractivity contribution in [2.45, 2.75) is 32.5 Å². The summed E-state index contributed by atoms with van der Waals surface area (Å²) in [6.07, 6.45) is 3.28. The van der Waals surface area contributed by atoms with E-state index in [0.29, 0.717) is 31.1 Å². The lowest BCUT2D eigenvalue weighted by Gasteiger charge is -2.22. The molecule has 4 rings (SSSR count). The van der Waals surface area contributed by atoms with Crippen molar-refractivity contribution in [1.29, 1.82) is 0 Å². The number of carbonyl (C=O) groups is 1. The fraction of sp³-hybridized carbons (Fsp3) is 0.370. The number of likely N-dealkylation sites (N-methyl/N-ethyl adjacent to an activating group) is 1. The highest BCUT2D eigenvalue weighted by Gasteiger charge is 2.28. The standard InChI is InChI=1S/C27H33N5O2/c1-4-25-29-18-23-26(30-25)31(3)15-16-32(27(23)33)22-12-8-9-20(17-22)19-34-24(13-14-28-2)21-10-6-5-7-11-21/h5-12,17-18,24,28H,4,13-16,19H2,1-3H3/t24-/m1/s1. The van der Waals surface area contributed by atoms with Gasteiger partial charge < -0.3 is 19.9 Å². The number of fused-ring (bicyclic) bond motifs is 1. The van der Waals surface area contributed by atoms with E-state index in [1.54, 1.807) is 6.20 Å². The second kappa shape index (κ2) is 11.2. The number of aromatic nitrogens is 2. The van der Waals surface area contributed by atoms with Gasteiger partial charge in [0.15, 0.2) is 0 Å². The lowest BCUT2D eigenvalue weighted by Crippen LogP contribution is -2.33. The van der Waals surface area contributed by atoms with E-state index in [1.807, 2.05) is 73.3 Å². The number of nitrogens with one attached hydrogen (secondary N) is 1. The minimum Gasteiger partial charge on any atom is -0.369 e. The average molecular weight is 460 g/mol. The van der Waals surface area contributed by atoms with Crippen molar-refractivity contribution in [3.05, 3.63) is 83.3 Å². The van der Waals surface area contributed by atoms with E-state index < -0.39 is 0 Å². The van der Waals surface area contributed by atoms with Crippen molar-refractivity contribution >= 4 is 17.4 Å². The summed E-state index contributed by atoms with van der Waals surface area (Å²) in [6, 6.07) is 18.4. The minimum absolute atomic E-state index is 0.00237. The molecule has 1 aliphatic rings. The van der Waals surface area contributed by atoms with Crippen LogP contribution >= 0.6 is 0 Å². The Balaban J connectivity index is 1.53. The van der Waals surface area contributed by atoms with Crippen LogP contribution in [0.2, 0.25) is 0 Å². The summed E-state index contributed by atoms with van der Waals surface area (Å²) in [5, 5.41) is 3.21. The first-order valence-corrected chi connectivity index (χ1v) is 11.9. The van der Waals surface area contributed by atoms with E-state index in [4.69, 9.17) is 4.74 Å². The Hall–Kier alpha value is -3.29. The Morgan fingerprint density at radius 2 is 1.94 bits per heavy atom. The number of hydrogen-bond donors (Lipinski definition) is 1. The van der Waals surface area contributed by atoms with E-state index in [2.05, 4.69) is 27.4 Å². The van der Waals surface area contributed by atoms with Crippen LogP contribution in [-0.2, 0) is 17.8 Å². The molecule has 0 aliphatic carbocycles. The highest BCUT2D eigenvalue weighted by Crippen LogP contribution is 2.27. The van der Waals surface area contributed by atoms with Gasteiger partial charge in [0.1, 0.15) is 17.2 Å². The number of ether oxygens (including phenoxy) is 1. The first kappa shape index (κ1) is 23.9. The molecule has 2 heterocycles. The molecule has 0 saturated carbocycles. The molecule has 1 atom stereocenters. The third kappa shape index (κ3) is 5.43.